The van der Waals surface area contributed by atoms with E-state index in [4.69, 9.17) is 0 Å². The van der Waals surface area contributed by atoms with E-state index in [1.165, 1.54) is 32.4 Å². The Labute approximate surface area is 111 Å². The second kappa shape index (κ2) is 6.85. The number of likely N-dealkylation sites (tertiary alicyclic amines) is 1. The maximum absolute atomic E-state index is 9.30. The van der Waals surface area contributed by atoms with Crippen molar-refractivity contribution in [2.45, 2.75) is 50.7 Å². The molecule has 4 heteroatoms. The molecule has 2 fully saturated rings. The molecule has 3 atom stereocenters. The highest BCUT2D eigenvalue weighted by Crippen LogP contribution is 2.28. The van der Waals surface area contributed by atoms with Gasteiger partial charge in [-0.15, -0.1) is 0 Å². The first-order valence-electron chi connectivity index (χ1n) is 7.53. The van der Waals surface area contributed by atoms with Crippen molar-refractivity contribution in [3.63, 3.8) is 0 Å². The Kier molecular flexibility index (Phi) is 5.42. The van der Waals surface area contributed by atoms with Gasteiger partial charge in [0, 0.05) is 24.7 Å². The van der Waals surface area contributed by atoms with Crippen LogP contribution < -0.4 is 5.32 Å². The summed E-state index contributed by atoms with van der Waals surface area (Å²) in [4.78, 5) is 5.19. The summed E-state index contributed by atoms with van der Waals surface area (Å²) >= 11 is 0. The summed E-state index contributed by atoms with van der Waals surface area (Å²) in [5.74, 6) is 0. The molecule has 2 aliphatic heterocycles. The molecule has 0 aliphatic carbocycles. The van der Waals surface area contributed by atoms with Crippen LogP contribution in [0.4, 0.5) is 0 Å². The lowest BCUT2D eigenvalue weighted by atomic mass is 10.1. The molecule has 2 bridgehead atoms. The van der Waals surface area contributed by atoms with Crippen LogP contribution in [0.25, 0.3) is 0 Å². The fourth-order valence-corrected chi connectivity index (χ4v) is 3.47. The molecule has 0 amide bonds. The molecule has 2 N–H and O–H groups in total. The van der Waals surface area contributed by atoms with Crippen molar-refractivity contribution in [1.29, 1.82) is 0 Å². The van der Waals surface area contributed by atoms with Gasteiger partial charge in [0.2, 0.25) is 0 Å². The van der Waals surface area contributed by atoms with Crippen LogP contribution in [0.2, 0.25) is 0 Å². The van der Waals surface area contributed by atoms with Gasteiger partial charge in [-0.05, 0) is 52.4 Å². The van der Waals surface area contributed by atoms with Gasteiger partial charge in [-0.25, -0.2) is 0 Å². The molecule has 0 radical (unpaired) electrons. The van der Waals surface area contributed by atoms with E-state index in [-0.39, 0.29) is 12.6 Å². The molecule has 106 valence electrons. The SMILES string of the molecule is CCNC(CO)CCN1CCC2CCC(C1)N2C. The third-order valence-corrected chi connectivity index (χ3v) is 4.74. The highest BCUT2D eigenvalue weighted by molar-refractivity contribution is 4.91. The number of nitrogens with zero attached hydrogens (tertiary/aromatic N) is 2. The average molecular weight is 255 g/mol. The van der Waals surface area contributed by atoms with Crippen LogP contribution >= 0.6 is 0 Å². The molecule has 0 aromatic heterocycles. The topological polar surface area (TPSA) is 38.7 Å². The molecule has 0 aromatic carbocycles. The van der Waals surface area contributed by atoms with Crippen molar-refractivity contribution in [3.05, 3.63) is 0 Å². The smallest absolute Gasteiger partial charge is 0.0585 e. The Morgan fingerprint density at radius 2 is 2.06 bits per heavy atom. The third kappa shape index (κ3) is 3.44. The maximum atomic E-state index is 9.30. The van der Waals surface area contributed by atoms with Crippen LogP contribution in [-0.4, -0.2) is 72.9 Å². The Balaban J connectivity index is 1.76. The zero-order chi connectivity index (χ0) is 13.0. The lowest BCUT2D eigenvalue weighted by Gasteiger charge is -2.27. The quantitative estimate of drug-likeness (QED) is 0.726. The fourth-order valence-electron chi connectivity index (χ4n) is 3.47. The Morgan fingerprint density at radius 3 is 2.78 bits per heavy atom. The van der Waals surface area contributed by atoms with Crippen LogP contribution in [0, 0.1) is 0 Å². The van der Waals surface area contributed by atoms with E-state index in [0.29, 0.717) is 0 Å². The van der Waals surface area contributed by atoms with E-state index >= 15 is 0 Å². The monoisotopic (exact) mass is 255 g/mol. The summed E-state index contributed by atoms with van der Waals surface area (Å²) in [5.41, 5.74) is 0. The van der Waals surface area contributed by atoms with Crippen LogP contribution in [0.1, 0.15) is 32.6 Å². The Morgan fingerprint density at radius 1 is 1.28 bits per heavy atom. The predicted molar refractivity (Wildman–Crippen MR) is 74.8 cm³/mol. The van der Waals surface area contributed by atoms with Gasteiger partial charge in [0.05, 0.1) is 6.61 Å². The number of hydrogen-bond donors (Lipinski definition) is 2. The second-order valence-corrected chi connectivity index (χ2v) is 5.87. The number of aliphatic hydroxyl groups excluding tert-OH is 1. The minimum atomic E-state index is 0.258. The lowest BCUT2D eigenvalue weighted by molar-refractivity contribution is 0.192. The van der Waals surface area contributed by atoms with Gasteiger partial charge in [0.15, 0.2) is 0 Å². The maximum Gasteiger partial charge on any atom is 0.0585 e. The molecule has 4 nitrogen and oxygen atoms in total. The summed E-state index contributed by atoms with van der Waals surface area (Å²) in [6.45, 7) is 6.87. The van der Waals surface area contributed by atoms with Gasteiger partial charge < -0.3 is 15.3 Å². The molecule has 18 heavy (non-hydrogen) atoms. The number of rotatable bonds is 6. The van der Waals surface area contributed by atoms with E-state index in [1.54, 1.807) is 0 Å². The summed E-state index contributed by atoms with van der Waals surface area (Å²) in [5, 5.41) is 12.6. The Bertz CT molecular complexity index is 249. The number of fused-ring (bicyclic) bond motifs is 2. The number of nitrogens with one attached hydrogen (secondary N) is 1. The molecule has 2 saturated heterocycles. The summed E-state index contributed by atoms with van der Waals surface area (Å²) in [7, 11) is 2.29. The van der Waals surface area contributed by atoms with Gasteiger partial charge in [0.25, 0.3) is 0 Å². The summed E-state index contributed by atoms with van der Waals surface area (Å²) in [6, 6.07) is 1.86. The minimum absolute atomic E-state index is 0.258. The fraction of sp³-hybridized carbons (Fsp3) is 1.00. The van der Waals surface area contributed by atoms with Gasteiger partial charge >= 0.3 is 0 Å². The standard InChI is InChI=1S/C14H29N3O/c1-3-15-12(11-18)6-8-17-9-7-13-4-5-14(10-17)16(13)2/h12-15,18H,3-11H2,1-2H3. The first-order chi connectivity index (χ1) is 8.74. The number of aliphatic hydroxyl groups is 1. The molecule has 2 rings (SSSR count). The predicted octanol–water partition coefficient (Wildman–Crippen LogP) is 0.515. The zero-order valence-electron chi connectivity index (χ0n) is 11.9. The van der Waals surface area contributed by atoms with Crippen molar-refractivity contribution < 1.29 is 5.11 Å². The third-order valence-electron chi connectivity index (χ3n) is 4.74. The number of likely N-dealkylation sites (N-methyl/N-ethyl adjacent to an activating group) is 2. The van der Waals surface area contributed by atoms with Crippen LogP contribution in [0.5, 0.6) is 0 Å². The number of hydrogen-bond acceptors (Lipinski definition) is 4. The first kappa shape index (κ1) is 14.3. The highest BCUT2D eigenvalue weighted by atomic mass is 16.3. The largest absolute Gasteiger partial charge is 0.395 e. The average Bonchev–Trinajstić information content (AvgIpc) is 2.61. The molecule has 3 unspecified atom stereocenters. The van der Waals surface area contributed by atoms with E-state index in [9.17, 15) is 5.11 Å². The molecule has 0 saturated carbocycles. The molecular weight excluding hydrogens is 226 g/mol. The van der Waals surface area contributed by atoms with Gasteiger partial charge in [-0.3, -0.25) is 4.90 Å². The highest BCUT2D eigenvalue weighted by Gasteiger charge is 2.34. The zero-order valence-corrected chi connectivity index (χ0v) is 11.9. The molecular formula is C14H29N3O. The summed E-state index contributed by atoms with van der Waals surface area (Å²) < 4.78 is 0. The van der Waals surface area contributed by atoms with Crippen molar-refractivity contribution in [1.82, 2.24) is 15.1 Å². The first-order valence-corrected chi connectivity index (χ1v) is 7.53. The minimum Gasteiger partial charge on any atom is -0.395 e. The van der Waals surface area contributed by atoms with Gasteiger partial charge in [0.1, 0.15) is 0 Å². The van der Waals surface area contributed by atoms with Crippen molar-refractivity contribution in [3.8, 4) is 0 Å². The van der Waals surface area contributed by atoms with Crippen molar-refractivity contribution >= 4 is 0 Å². The lowest BCUT2D eigenvalue weighted by Crippen LogP contribution is -2.40. The normalized spacial score (nSPS) is 31.5. The van der Waals surface area contributed by atoms with Gasteiger partial charge in [-0.2, -0.15) is 0 Å². The second-order valence-electron chi connectivity index (χ2n) is 5.87. The van der Waals surface area contributed by atoms with Gasteiger partial charge in [-0.1, -0.05) is 6.92 Å². The Hall–Kier alpha value is -0.160. The van der Waals surface area contributed by atoms with E-state index in [1.807, 2.05) is 0 Å². The molecule has 0 aromatic rings. The van der Waals surface area contributed by atoms with Crippen LogP contribution in [0.15, 0.2) is 0 Å². The van der Waals surface area contributed by atoms with E-state index in [0.717, 1.165) is 31.6 Å². The molecule has 2 heterocycles. The van der Waals surface area contributed by atoms with Crippen LogP contribution in [-0.2, 0) is 0 Å². The molecule has 0 spiro atoms. The van der Waals surface area contributed by atoms with E-state index < -0.39 is 0 Å². The van der Waals surface area contributed by atoms with Crippen molar-refractivity contribution in [2.75, 3.05) is 39.8 Å². The van der Waals surface area contributed by atoms with E-state index in [2.05, 4.69) is 29.1 Å². The van der Waals surface area contributed by atoms with Crippen LogP contribution in [0.3, 0.4) is 0 Å². The summed E-state index contributed by atoms with van der Waals surface area (Å²) in [6.07, 6.45) is 5.14. The molecule has 2 aliphatic rings. The van der Waals surface area contributed by atoms with Crippen molar-refractivity contribution in [2.24, 2.45) is 0 Å².